The molecule has 3 amide bonds. The Bertz CT molecular complexity index is 1220. The van der Waals surface area contributed by atoms with E-state index in [2.05, 4.69) is 10.6 Å². The minimum atomic E-state index is -0.834. The molecule has 3 aliphatic heterocycles. The summed E-state index contributed by atoms with van der Waals surface area (Å²) >= 11 is 8.02. The maximum Gasteiger partial charge on any atom is 0.248 e. The lowest BCUT2D eigenvalue weighted by Crippen LogP contribution is -2.54. The predicted octanol–water partition coefficient (Wildman–Crippen LogP) is 4.48. The molecule has 5 rings (SSSR count). The maximum atomic E-state index is 14.2. The second-order valence-corrected chi connectivity index (χ2v) is 12.8. The Morgan fingerprint density at radius 1 is 1.14 bits per heavy atom. The molecule has 1 spiro atoms. The van der Waals surface area contributed by atoms with Gasteiger partial charge in [0, 0.05) is 10.4 Å². The third-order valence-electron chi connectivity index (χ3n) is 8.33. The fourth-order valence-electron chi connectivity index (χ4n) is 6.59. The van der Waals surface area contributed by atoms with Crippen molar-refractivity contribution in [3.8, 4) is 0 Å². The number of carbonyl (C=O) groups excluding carboxylic acids is 3. The van der Waals surface area contributed by atoms with E-state index in [9.17, 15) is 19.5 Å². The molecule has 2 bridgehead atoms. The summed E-state index contributed by atoms with van der Waals surface area (Å²) in [6.07, 6.45) is 1.84. The second-order valence-electron chi connectivity index (χ2n) is 10.5. The number of aryl methyl sites for hydroxylation is 1. The van der Waals surface area contributed by atoms with E-state index in [1.807, 2.05) is 63.2 Å². The van der Waals surface area contributed by atoms with Gasteiger partial charge < -0.3 is 20.6 Å². The fourth-order valence-corrected chi connectivity index (χ4v) is 9.21. The highest BCUT2D eigenvalue weighted by molar-refractivity contribution is 8.02. The van der Waals surface area contributed by atoms with Crippen molar-refractivity contribution >= 4 is 52.5 Å². The van der Waals surface area contributed by atoms with Gasteiger partial charge in [0.25, 0.3) is 0 Å². The van der Waals surface area contributed by atoms with Crippen molar-refractivity contribution in [2.24, 2.45) is 11.8 Å². The molecule has 3 aliphatic rings. The van der Waals surface area contributed by atoms with E-state index in [0.717, 1.165) is 5.56 Å². The number of likely N-dealkylation sites (tertiary alicyclic amines) is 1. The smallest absolute Gasteiger partial charge is 0.248 e. The first kappa shape index (κ1) is 26.1. The molecule has 3 N–H and O–H groups in total. The molecule has 7 nitrogen and oxygen atoms in total. The summed E-state index contributed by atoms with van der Waals surface area (Å²) < 4.78 is -1.25. The van der Waals surface area contributed by atoms with E-state index in [-0.39, 0.29) is 24.3 Å². The van der Waals surface area contributed by atoms with E-state index < -0.39 is 33.4 Å². The number of amides is 3. The highest BCUT2D eigenvalue weighted by atomic mass is 35.5. The highest BCUT2D eigenvalue weighted by Crippen LogP contribution is 2.71. The van der Waals surface area contributed by atoms with Gasteiger partial charge in [-0.3, -0.25) is 14.4 Å². The summed E-state index contributed by atoms with van der Waals surface area (Å²) in [5.41, 5.74) is 2.00. The quantitative estimate of drug-likeness (QED) is 0.480. The average Bonchev–Trinajstić information content (AvgIpc) is 3.44. The number of para-hydroxylation sites is 2. The van der Waals surface area contributed by atoms with Crippen LogP contribution in [0.3, 0.4) is 0 Å². The monoisotopic (exact) mass is 541 g/mol. The van der Waals surface area contributed by atoms with Crippen LogP contribution in [0.15, 0.2) is 48.5 Å². The SMILES string of the molecule is CC[C@@H](CO)N1C(=O)[C@@H]2[C@H](C(=O)Nc3ccccc3)[C@]3(C)CCC2(S3)C1C(=O)Nc1c(C)cccc1Cl. The van der Waals surface area contributed by atoms with Gasteiger partial charge in [0.1, 0.15) is 6.04 Å². The Morgan fingerprint density at radius 3 is 2.51 bits per heavy atom. The van der Waals surface area contributed by atoms with Crippen molar-refractivity contribution in [2.75, 3.05) is 17.2 Å². The van der Waals surface area contributed by atoms with Gasteiger partial charge in [-0.1, -0.05) is 48.9 Å². The predicted molar refractivity (Wildman–Crippen MR) is 147 cm³/mol. The summed E-state index contributed by atoms with van der Waals surface area (Å²) in [6, 6.07) is 13.2. The largest absolute Gasteiger partial charge is 0.394 e. The van der Waals surface area contributed by atoms with Gasteiger partial charge in [0.15, 0.2) is 0 Å². The number of anilines is 2. The molecule has 6 atom stereocenters. The van der Waals surface area contributed by atoms with E-state index in [4.69, 9.17) is 11.6 Å². The molecular weight excluding hydrogens is 510 g/mol. The zero-order valence-electron chi connectivity index (χ0n) is 21.2. The summed E-state index contributed by atoms with van der Waals surface area (Å²) in [7, 11) is 0. The van der Waals surface area contributed by atoms with E-state index in [1.165, 1.54) is 0 Å². The number of benzene rings is 2. The topological polar surface area (TPSA) is 98.7 Å². The van der Waals surface area contributed by atoms with Crippen LogP contribution in [0.1, 0.15) is 38.7 Å². The standard InChI is InChI=1S/C28H32ClN3O4S/c1-4-18(15-33)32-23(25(35)31-22-16(2)9-8-12-19(22)29)28-14-13-27(3,37-28)20(21(28)26(32)36)24(34)30-17-10-6-5-7-11-17/h5-12,18,20-21,23,33H,4,13-15H2,1-3H3,(H,30,34)(H,31,35)/t18-,20+,21-,23?,27-,28?/m0/s1. The van der Waals surface area contributed by atoms with Crippen LogP contribution >= 0.6 is 23.4 Å². The summed E-state index contributed by atoms with van der Waals surface area (Å²) in [6.45, 7) is 5.53. The van der Waals surface area contributed by atoms with Crippen LogP contribution in [0.25, 0.3) is 0 Å². The zero-order valence-corrected chi connectivity index (χ0v) is 22.7. The van der Waals surface area contributed by atoms with Gasteiger partial charge in [-0.05, 0) is 56.9 Å². The zero-order chi connectivity index (χ0) is 26.5. The van der Waals surface area contributed by atoms with Crippen LogP contribution in [0.4, 0.5) is 11.4 Å². The van der Waals surface area contributed by atoms with Crippen LogP contribution in [-0.4, -0.2) is 55.9 Å². The Morgan fingerprint density at radius 2 is 1.86 bits per heavy atom. The number of nitrogens with one attached hydrogen (secondary N) is 2. The van der Waals surface area contributed by atoms with Gasteiger partial charge in [-0.25, -0.2) is 0 Å². The molecule has 0 radical (unpaired) electrons. The van der Waals surface area contributed by atoms with Gasteiger partial charge in [-0.15, -0.1) is 11.8 Å². The van der Waals surface area contributed by atoms with E-state index in [1.54, 1.807) is 22.7 Å². The number of nitrogens with zero attached hydrogens (tertiary/aromatic N) is 1. The number of fused-ring (bicyclic) bond motifs is 1. The number of aliphatic hydroxyl groups is 1. The Kier molecular flexibility index (Phi) is 6.79. The summed E-state index contributed by atoms with van der Waals surface area (Å²) in [4.78, 5) is 43.5. The molecule has 3 heterocycles. The van der Waals surface area contributed by atoms with Gasteiger partial charge in [0.2, 0.25) is 17.7 Å². The van der Waals surface area contributed by atoms with Crippen LogP contribution in [0.2, 0.25) is 5.02 Å². The maximum absolute atomic E-state index is 14.2. The van der Waals surface area contributed by atoms with Crippen molar-refractivity contribution in [1.82, 2.24) is 4.90 Å². The number of hydrogen-bond acceptors (Lipinski definition) is 5. The molecule has 2 aromatic carbocycles. The number of halogens is 1. The first-order valence-electron chi connectivity index (χ1n) is 12.7. The molecule has 0 aromatic heterocycles. The lowest BCUT2D eigenvalue weighted by molar-refractivity contribution is -0.141. The minimum Gasteiger partial charge on any atom is -0.394 e. The first-order valence-corrected chi connectivity index (χ1v) is 13.9. The molecule has 9 heteroatoms. The van der Waals surface area contributed by atoms with Gasteiger partial charge in [-0.2, -0.15) is 0 Å². The molecule has 196 valence electrons. The average molecular weight is 542 g/mol. The van der Waals surface area contributed by atoms with E-state index in [0.29, 0.717) is 35.7 Å². The molecule has 37 heavy (non-hydrogen) atoms. The van der Waals surface area contributed by atoms with Crippen LogP contribution in [-0.2, 0) is 14.4 Å². The fraction of sp³-hybridized carbons (Fsp3) is 0.464. The number of carbonyl (C=O) groups is 3. The Hall–Kier alpha value is -2.55. The number of aliphatic hydroxyl groups excluding tert-OH is 1. The Labute approximate surface area is 226 Å². The molecule has 2 unspecified atom stereocenters. The molecule has 3 saturated heterocycles. The molecule has 3 fully saturated rings. The molecule has 0 saturated carbocycles. The van der Waals surface area contributed by atoms with Gasteiger partial charge in [0.05, 0.1) is 39.9 Å². The highest BCUT2D eigenvalue weighted by Gasteiger charge is 2.77. The third-order valence-corrected chi connectivity index (χ3v) is 10.6. The molecule has 0 aliphatic carbocycles. The minimum absolute atomic E-state index is 0.207. The Balaban J connectivity index is 1.55. The second kappa shape index (κ2) is 9.64. The van der Waals surface area contributed by atoms with Crippen molar-refractivity contribution < 1.29 is 19.5 Å². The normalized spacial score (nSPS) is 30.8. The van der Waals surface area contributed by atoms with Crippen LogP contribution < -0.4 is 10.6 Å². The van der Waals surface area contributed by atoms with Crippen molar-refractivity contribution in [2.45, 2.75) is 61.6 Å². The molecular formula is C28H32ClN3O4S. The van der Waals surface area contributed by atoms with Crippen LogP contribution in [0.5, 0.6) is 0 Å². The molecule has 2 aromatic rings. The van der Waals surface area contributed by atoms with Crippen LogP contribution in [0, 0.1) is 18.8 Å². The van der Waals surface area contributed by atoms with Crippen molar-refractivity contribution in [3.63, 3.8) is 0 Å². The number of hydrogen-bond donors (Lipinski definition) is 3. The summed E-state index contributed by atoms with van der Waals surface area (Å²) in [5.74, 6) is -2.04. The third kappa shape index (κ3) is 4.04. The lowest BCUT2D eigenvalue weighted by Gasteiger charge is -2.36. The first-order chi connectivity index (χ1) is 17.7. The van der Waals surface area contributed by atoms with E-state index >= 15 is 0 Å². The van der Waals surface area contributed by atoms with Crippen molar-refractivity contribution in [1.29, 1.82) is 0 Å². The number of thioether (sulfide) groups is 1. The number of rotatable bonds is 7. The van der Waals surface area contributed by atoms with Crippen molar-refractivity contribution in [3.05, 3.63) is 59.1 Å². The lowest BCUT2D eigenvalue weighted by atomic mass is 9.66. The summed E-state index contributed by atoms with van der Waals surface area (Å²) in [5, 5.41) is 16.6. The van der Waals surface area contributed by atoms with Gasteiger partial charge >= 0.3 is 0 Å².